The van der Waals surface area contributed by atoms with Crippen molar-refractivity contribution in [2.45, 2.75) is 26.3 Å². The van der Waals surface area contributed by atoms with Gasteiger partial charge in [0, 0.05) is 5.57 Å². The number of nitrogens with one attached hydrogen (secondary N) is 1. The lowest BCUT2D eigenvalue weighted by Gasteiger charge is -2.07. The minimum atomic E-state index is 0.0607. The Morgan fingerprint density at radius 2 is 1.93 bits per heavy atom. The molecule has 0 radical (unpaired) electrons. The van der Waals surface area contributed by atoms with E-state index in [2.05, 4.69) is 12.2 Å². The summed E-state index contributed by atoms with van der Waals surface area (Å²) >= 11 is 0. The normalized spacial score (nSPS) is 20.7. The van der Waals surface area contributed by atoms with Crippen LogP contribution in [0.5, 0.6) is 0 Å². The fourth-order valence-corrected chi connectivity index (χ4v) is 2.06. The molecule has 1 N–H and O–H groups in total. The smallest absolute Gasteiger partial charge is 0.252 e. The third-order valence-electron chi connectivity index (χ3n) is 2.92. The van der Waals surface area contributed by atoms with Crippen LogP contribution >= 0.6 is 0 Å². The number of hydrogen-bond donors (Lipinski definition) is 1. The van der Waals surface area contributed by atoms with Crippen molar-refractivity contribution in [1.82, 2.24) is 5.32 Å². The summed E-state index contributed by atoms with van der Waals surface area (Å²) in [6, 6.07) is 10.1. The van der Waals surface area contributed by atoms with E-state index in [4.69, 9.17) is 0 Å². The molecule has 0 bridgehead atoms. The molecule has 1 amide bonds. The molecule has 0 spiro atoms. The Labute approximate surface area is 90.0 Å². The molecular formula is C13H15NO. The third-order valence-corrected chi connectivity index (χ3v) is 2.92. The standard InChI is InChI=1S/C13H15NO/c1-3-11-9(2)12(13(15)14-11)10-7-5-4-6-8-10/h4-8,11H,3H2,1-2H3,(H,14,15). The van der Waals surface area contributed by atoms with E-state index in [1.807, 2.05) is 37.3 Å². The number of hydrogen-bond acceptors (Lipinski definition) is 1. The van der Waals surface area contributed by atoms with E-state index in [9.17, 15) is 4.79 Å². The van der Waals surface area contributed by atoms with Crippen LogP contribution in [0.25, 0.3) is 5.57 Å². The summed E-state index contributed by atoms with van der Waals surface area (Å²) in [4.78, 5) is 11.8. The van der Waals surface area contributed by atoms with Gasteiger partial charge in [-0.15, -0.1) is 0 Å². The average molecular weight is 201 g/mol. The molecule has 2 nitrogen and oxygen atoms in total. The van der Waals surface area contributed by atoms with Crippen LogP contribution in [-0.2, 0) is 4.79 Å². The minimum Gasteiger partial charge on any atom is -0.346 e. The first-order valence-electron chi connectivity index (χ1n) is 5.31. The van der Waals surface area contributed by atoms with Crippen LogP contribution in [0.4, 0.5) is 0 Å². The van der Waals surface area contributed by atoms with Crippen molar-refractivity contribution >= 4 is 11.5 Å². The molecule has 1 aromatic carbocycles. The van der Waals surface area contributed by atoms with Crippen LogP contribution in [0.1, 0.15) is 25.8 Å². The fraction of sp³-hybridized carbons (Fsp3) is 0.308. The lowest BCUT2D eigenvalue weighted by molar-refractivity contribution is -0.115. The predicted octanol–water partition coefficient (Wildman–Crippen LogP) is 2.37. The second-order valence-electron chi connectivity index (χ2n) is 3.86. The highest BCUT2D eigenvalue weighted by molar-refractivity contribution is 6.23. The molecule has 0 saturated carbocycles. The largest absolute Gasteiger partial charge is 0.346 e. The highest BCUT2D eigenvalue weighted by Gasteiger charge is 2.27. The summed E-state index contributed by atoms with van der Waals surface area (Å²) in [5.74, 6) is 0.0607. The molecule has 1 heterocycles. The van der Waals surface area contributed by atoms with E-state index in [0.29, 0.717) is 0 Å². The summed E-state index contributed by atoms with van der Waals surface area (Å²) in [7, 11) is 0. The molecule has 1 aromatic rings. The molecule has 1 atom stereocenters. The Bertz CT molecular complexity index is 406. The van der Waals surface area contributed by atoms with Gasteiger partial charge in [-0.3, -0.25) is 4.79 Å². The molecule has 0 fully saturated rings. The van der Waals surface area contributed by atoms with Crippen LogP contribution in [0, 0.1) is 0 Å². The number of carbonyl (C=O) groups is 1. The zero-order valence-corrected chi connectivity index (χ0v) is 9.08. The second-order valence-corrected chi connectivity index (χ2v) is 3.86. The average Bonchev–Trinajstić information content (AvgIpc) is 2.55. The van der Waals surface area contributed by atoms with Gasteiger partial charge in [0.25, 0.3) is 5.91 Å². The monoisotopic (exact) mass is 201 g/mol. The van der Waals surface area contributed by atoms with Crippen molar-refractivity contribution in [3.05, 3.63) is 41.5 Å². The number of benzene rings is 1. The third kappa shape index (κ3) is 1.67. The predicted molar refractivity (Wildman–Crippen MR) is 61.3 cm³/mol. The molecule has 78 valence electrons. The van der Waals surface area contributed by atoms with Crippen LogP contribution in [0.3, 0.4) is 0 Å². The Morgan fingerprint density at radius 3 is 2.47 bits per heavy atom. The molecule has 2 rings (SSSR count). The zero-order valence-electron chi connectivity index (χ0n) is 9.08. The summed E-state index contributed by atoms with van der Waals surface area (Å²) in [6.45, 7) is 4.12. The topological polar surface area (TPSA) is 29.1 Å². The van der Waals surface area contributed by atoms with E-state index < -0.39 is 0 Å². The van der Waals surface area contributed by atoms with Gasteiger partial charge in [0.1, 0.15) is 0 Å². The van der Waals surface area contributed by atoms with Gasteiger partial charge < -0.3 is 5.32 Å². The van der Waals surface area contributed by atoms with E-state index in [1.54, 1.807) is 0 Å². The zero-order chi connectivity index (χ0) is 10.8. The van der Waals surface area contributed by atoms with Crippen molar-refractivity contribution in [1.29, 1.82) is 0 Å². The molecule has 1 aliphatic heterocycles. The van der Waals surface area contributed by atoms with Gasteiger partial charge in [-0.05, 0) is 24.5 Å². The molecule has 0 saturated heterocycles. The maximum atomic E-state index is 11.8. The van der Waals surface area contributed by atoms with E-state index in [0.717, 1.165) is 23.1 Å². The highest BCUT2D eigenvalue weighted by Crippen LogP contribution is 2.27. The lowest BCUT2D eigenvalue weighted by Crippen LogP contribution is -2.27. The minimum absolute atomic E-state index is 0.0607. The van der Waals surface area contributed by atoms with Crippen LogP contribution < -0.4 is 5.32 Å². The quantitative estimate of drug-likeness (QED) is 0.782. The van der Waals surface area contributed by atoms with Gasteiger partial charge >= 0.3 is 0 Å². The van der Waals surface area contributed by atoms with E-state index >= 15 is 0 Å². The van der Waals surface area contributed by atoms with E-state index in [-0.39, 0.29) is 11.9 Å². The molecule has 2 heteroatoms. The summed E-state index contributed by atoms with van der Waals surface area (Å²) in [6.07, 6.45) is 0.952. The van der Waals surface area contributed by atoms with Crippen molar-refractivity contribution in [3.8, 4) is 0 Å². The van der Waals surface area contributed by atoms with Crippen LogP contribution in [0.15, 0.2) is 35.9 Å². The van der Waals surface area contributed by atoms with Gasteiger partial charge in [0.2, 0.25) is 0 Å². The Balaban J connectivity index is 2.44. The molecule has 1 aliphatic rings. The van der Waals surface area contributed by atoms with Crippen LogP contribution in [-0.4, -0.2) is 11.9 Å². The first kappa shape index (κ1) is 9.97. The fourth-order valence-electron chi connectivity index (χ4n) is 2.06. The van der Waals surface area contributed by atoms with Gasteiger partial charge in [-0.2, -0.15) is 0 Å². The van der Waals surface area contributed by atoms with Crippen molar-refractivity contribution in [2.24, 2.45) is 0 Å². The SMILES string of the molecule is CCC1NC(=O)C(c2ccccc2)=C1C. The van der Waals surface area contributed by atoms with Gasteiger partial charge in [-0.1, -0.05) is 37.3 Å². The summed E-state index contributed by atoms with van der Waals surface area (Å²) in [5.41, 5.74) is 3.03. The van der Waals surface area contributed by atoms with Crippen LogP contribution in [0.2, 0.25) is 0 Å². The Morgan fingerprint density at radius 1 is 1.27 bits per heavy atom. The van der Waals surface area contributed by atoms with Gasteiger partial charge in [-0.25, -0.2) is 0 Å². The molecule has 15 heavy (non-hydrogen) atoms. The Kier molecular flexibility index (Phi) is 2.58. The first-order chi connectivity index (χ1) is 7.24. The maximum Gasteiger partial charge on any atom is 0.252 e. The molecule has 1 unspecified atom stereocenters. The molecule has 0 aromatic heterocycles. The molecular weight excluding hydrogens is 186 g/mol. The first-order valence-corrected chi connectivity index (χ1v) is 5.31. The number of amides is 1. The van der Waals surface area contributed by atoms with Crippen molar-refractivity contribution in [3.63, 3.8) is 0 Å². The van der Waals surface area contributed by atoms with Crippen molar-refractivity contribution in [2.75, 3.05) is 0 Å². The number of rotatable bonds is 2. The maximum absolute atomic E-state index is 11.8. The summed E-state index contributed by atoms with van der Waals surface area (Å²) < 4.78 is 0. The second kappa shape index (κ2) is 3.89. The number of carbonyl (C=O) groups excluding carboxylic acids is 1. The van der Waals surface area contributed by atoms with Gasteiger partial charge in [0.05, 0.1) is 6.04 Å². The lowest BCUT2D eigenvalue weighted by atomic mass is 9.99. The summed E-state index contributed by atoms with van der Waals surface area (Å²) in [5, 5.41) is 2.99. The highest BCUT2D eigenvalue weighted by atomic mass is 16.2. The molecule has 0 aliphatic carbocycles. The Hall–Kier alpha value is -1.57. The van der Waals surface area contributed by atoms with Gasteiger partial charge in [0.15, 0.2) is 0 Å². The van der Waals surface area contributed by atoms with Crippen molar-refractivity contribution < 1.29 is 4.79 Å². The van der Waals surface area contributed by atoms with E-state index in [1.165, 1.54) is 0 Å².